The zero-order chi connectivity index (χ0) is 12.6. The number of anilines is 1. The summed E-state index contributed by atoms with van der Waals surface area (Å²) in [5.74, 6) is 0. The monoisotopic (exact) mass is 243 g/mol. The number of nitrogens with zero attached hydrogens (tertiary/aromatic N) is 2. The van der Waals surface area contributed by atoms with Crippen LogP contribution in [0.25, 0.3) is 0 Å². The van der Waals surface area contributed by atoms with Gasteiger partial charge in [0, 0.05) is 24.6 Å². The van der Waals surface area contributed by atoms with E-state index in [1.54, 1.807) is 0 Å². The normalized spacial score (nSPS) is 10.5. The largest absolute Gasteiger partial charge is 0.385 e. The van der Waals surface area contributed by atoms with Crippen LogP contribution in [0.2, 0.25) is 0 Å². The van der Waals surface area contributed by atoms with Crippen LogP contribution in [-0.2, 0) is 6.54 Å². The first kappa shape index (κ1) is 12.7. The first-order valence-corrected chi connectivity index (χ1v) is 6.69. The zero-order valence-corrected chi connectivity index (χ0v) is 11.0. The summed E-state index contributed by atoms with van der Waals surface area (Å²) < 4.78 is 1.95. The Kier molecular flexibility index (Phi) is 4.82. The predicted molar refractivity (Wildman–Crippen MR) is 75.8 cm³/mol. The van der Waals surface area contributed by atoms with Crippen LogP contribution in [0.15, 0.2) is 42.7 Å². The van der Waals surface area contributed by atoms with E-state index in [9.17, 15) is 0 Å². The molecule has 0 amide bonds. The topological polar surface area (TPSA) is 29.9 Å². The Morgan fingerprint density at radius 3 is 2.83 bits per heavy atom. The van der Waals surface area contributed by atoms with Crippen molar-refractivity contribution < 1.29 is 0 Å². The Balaban J connectivity index is 1.97. The maximum absolute atomic E-state index is 4.25. The van der Waals surface area contributed by atoms with E-state index in [-0.39, 0.29) is 0 Å². The highest BCUT2D eigenvalue weighted by atomic mass is 15.3. The van der Waals surface area contributed by atoms with E-state index in [4.69, 9.17) is 0 Å². The van der Waals surface area contributed by atoms with Crippen molar-refractivity contribution in [2.45, 2.75) is 32.7 Å². The van der Waals surface area contributed by atoms with Gasteiger partial charge in [0.2, 0.25) is 0 Å². The molecule has 0 aliphatic carbocycles. The summed E-state index contributed by atoms with van der Waals surface area (Å²) in [6, 6.07) is 10.4. The SMILES string of the molecule is CCCCCNc1ccccc1Cn1cccn1. The van der Waals surface area contributed by atoms with E-state index < -0.39 is 0 Å². The summed E-state index contributed by atoms with van der Waals surface area (Å²) in [4.78, 5) is 0. The molecule has 1 N–H and O–H groups in total. The van der Waals surface area contributed by atoms with Crippen LogP contribution in [0.3, 0.4) is 0 Å². The van der Waals surface area contributed by atoms with Crippen molar-refractivity contribution in [2.75, 3.05) is 11.9 Å². The van der Waals surface area contributed by atoms with Gasteiger partial charge in [-0.05, 0) is 24.1 Å². The summed E-state index contributed by atoms with van der Waals surface area (Å²) in [7, 11) is 0. The molecule has 0 bridgehead atoms. The van der Waals surface area contributed by atoms with Gasteiger partial charge >= 0.3 is 0 Å². The first-order valence-electron chi connectivity index (χ1n) is 6.69. The van der Waals surface area contributed by atoms with Crippen molar-refractivity contribution in [3.63, 3.8) is 0 Å². The molecule has 18 heavy (non-hydrogen) atoms. The Morgan fingerprint density at radius 1 is 1.17 bits per heavy atom. The van der Waals surface area contributed by atoms with Crippen LogP contribution in [0, 0.1) is 0 Å². The Bertz CT molecular complexity index is 449. The second-order valence-corrected chi connectivity index (χ2v) is 4.49. The fourth-order valence-electron chi connectivity index (χ4n) is 2.00. The van der Waals surface area contributed by atoms with Crippen molar-refractivity contribution in [2.24, 2.45) is 0 Å². The second kappa shape index (κ2) is 6.84. The number of benzene rings is 1. The molecule has 0 saturated carbocycles. The van der Waals surface area contributed by atoms with Gasteiger partial charge in [0.15, 0.2) is 0 Å². The summed E-state index contributed by atoms with van der Waals surface area (Å²) >= 11 is 0. The van der Waals surface area contributed by atoms with Crippen molar-refractivity contribution in [3.8, 4) is 0 Å². The molecule has 2 rings (SSSR count). The first-order chi connectivity index (χ1) is 8.90. The summed E-state index contributed by atoms with van der Waals surface area (Å²) in [6.07, 6.45) is 7.59. The fraction of sp³-hybridized carbons (Fsp3) is 0.400. The number of hydrogen-bond donors (Lipinski definition) is 1. The minimum absolute atomic E-state index is 0.823. The Hall–Kier alpha value is -1.77. The number of unbranched alkanes of at least 4 members (excludes halogenated alkanes) is 2. The molecule has 0 fully saturated rings. The van der Waals surface area contributed by atoms with Crippen LogP contribution >= 0.6 is 0 Å². The van der Waals surface area contributed by atoms with Gasteiger partial charge in [-0.15, -0.1) is 0 Å². The standard InChI is InChI=1S/C15H21N3/c1-2-3-6-10-16-15-9-5-4-8-14(15)13-18-12-7-11-17-18/h4-5,7-9,11-12,16H,2-3,6,10,13H2,1H3. The lowest BCUT2D eigenvalue weighted by molar-refractivity contribution is 0.686. The third kappa shape index (κ3) is 3.62. The molecule has 1 aromatic carbocycles. The lowest BCUT2D eigenvalue weighted by atomic mass is 10.1. The van der Waals surface area contributed by atoms with Crippen molar-refractivity contribution in [3.05, 3.63) is 48.3 Å². The fourth-order valence-corrected chi connectivity index (χ4v) is 2.00. The van der Waals surface area contributed by atoms with E-state index in [2.05, 4.69) is 41.6 Å². The van der Waals surface area contributed by atoms with Gasteiger partial charge in [-0.25, -0.2) is 0 Å². The molecule has 0 spiro atoms. The Labute approximate surface area is 109 Å². The van der Waals surface area contributed by atoms with E-state index >= 15 is 0 Å². The summed E-state index contributed by atoms with van der Waals surface area (Å²) in [6.45, 7) is 4.10. The van der Waals surface area contributed by atoms with Gasteiger partial charge in [0.05, 0.1) is 6.54 Å². The van der Waals surface area contributed by atoms with Crippen molar-refractivity contribution >= 4 is 5.69 Å². The number of nitrogens with one attached hydrogen (secondary N) is 1. The van der Waals surface area contributed by atoms with E-state index in [0.717, 1.165) is 13.1 Å². The lowest BCUT2D eigenvalue weighted by Gasteiger charge is -2.12. The van der Waals surface area contributed by atoms with Crippen LogP contribution < -0.4 is 5.32 Å². The molecule has 1 heterocycles. The molecular formula is C15H21N3. The summed E-state index contributed by atoms with van der Waals surface area (Å²) in [5, 5.41) is 7.77. The lowest BCUT2D eigenvalue weighted by Crippen LogP contribution is -2.07. The molecule has 0 unspecified atom stereocenters. The van der Waals surface area contributed by atoms with Gasteiger partial charge < -0.3 is 5.32 Å². The van der Waals surface area contributed by atoms with Crippen molar-refractivity contribution in [1.29, 1.82) is 0 Å². The van der Waals surface area contributed by atoms with Gasteiger partial charge in [-0.1, -0.05) is 38.0 Å². The smallest absolute Gasteiger partial charge is 0.0679 e. The molecule has 0 aliphatic heterocycles. The van der Waals surface area contributed by atoms with Crippen LogP contribution in [0.1, 0.15) is 31.7 Å². The van der Waals surface area contributed by atoms with Gasteiger partial charge in [-0.2, -0.15) is 5.10 Å². The van der Waals surface area contributed by atoms with E-state index in [0.29, 0.717) is 0 Å². The molecule has 0 aliphatic rings. The average molecular weight is 243 g/mol. The maximum atomic E-state index is 4.25. The minimum atomic E-state index is 0.823. The van der Waals surface area contributed by atoms with Crippen molar-refractivity contribution in [1.82, 2.24) is 9.78 Å². The van der Waals surface area contributed by atoms with E-state index in [1.807, 2.05) is 23.1 Å². The van der Waals surface area contributed by atoms with Gasteiger partial charge in [-0.3, -0.25) is 4.68 Å². The Morgan fingerprint density at radius 2 is 2.06 bits per heavy atom. The number of aromatic nitrogens is 2. The number of rotatable bonds is 7. The van der Waals surface area contributed by atoms with Gasteiger partial charge in [0.25, 0.3) is 0 Å². The molecular weight excluding hydrogens is 222 g/mol. The maximum Gasteiger partial charge on any atom is 0.0679 e. The van der Waals surface area contributed by atoms with Gasteiger partial charge in [0.1, 0.15) is 0 Å². The molecule has 3 heteroatoms. The summed E-state index contributed by atoms with van der Waals surface area (Å²) in [5.41, 5.74) is 2.52. The highest BCUT2D eigenvalue weighted by Gasteiger charge is 2.01. The molecule has 0 atom stereocenters. The third-order valence-electron chi connectivity index (χ3n) is 3.00. The molecule has 96 valence electrons. The zero-order valence-electron chi connectivity index (χ0n) is 11.0. The van der Waals surface area contributed by atoms with Crippen LogP contribution in [0.5, 0.6) is 0 Å². The molecule has 0 saturated heterocycles. The molecule has 3 nitrogen and oxygen atoms in total. The second-order valence-electron chi connectivity index (χ2n) is 4.49. The quantitative estimate of drug-likeness (QED) is 0.754. The molecule has 2 aromatic rings. The van der Waals surface area contributed by atoms with E-state index in [1.165, 1.54) is 30.5 Å². The van der Waals surface area contributed by atoms with Crippen LogP contribution in [0.4, 0.5) is 5.69 Å². The highest BCUT2D eigenvalue weighted by molar-refractivity contribution is 5.51. The highest BCUT2D eigenvalue weighted by Crippen LogP contribution is 2.16. The third-order valence-corrected chi connectivity index (χ3v) is 3.00. The molecule has 1 aromatic heterocycles. The minimum Gasteiger partial charge on any atom is -0.385 e. The number of hydrogen-bond acceptors (Lipinski definition) is 2. The predicted octanol–water partition coefficient (Wildman–Crippen LogP) is 3.53. The van der Waals surface area contributed by atoms with Crippen LogP contribution in [-0.4, -0.2) is 16.3 Å². The number of para-hydroxylation sites is 1. The average Bonchev–Trinajstić information content (AvgIpc) is 2.89. The molecule has 0 radical (unpaired) electrons.